The molecule has 1 aliphatic rings. The second-order valence-corrected chi connectivity index (χ2v) is 8.83. The summed E-state index contributed by atoms with van der Waals surface area (Å²) >= 11 is 5.93. The number of hydrogen-bond donors (Lipinski definition) is 2. The van der Waals surface area contributed by atoms with Crippen LogP contribution >= 0.6 is 11.6 Å². The average molecular weight is 471 g/mol. The van der Waals surface area contributed by atoms with Crippen molar-refractivity contribution < 1.29 is 19.6 Å². The number of rotatable bonds is 6. The number of carbonyl (C=O) groups excluding carboxylic acids is 1. The van der Waals surface area contributed by atoms with Crippen LogP contribution in [0.25, 0.3) is 11.3 Å². The Balaban J connectivity index is 1.49. The van der Waals surface area contributed by atoms with E-state index in [-0.39, 0.29) is 17.4 Å². The molecule has 3 aromatic rings. The third kappa shape index (κ3) is 4.90. The lowest BCUT2D eigenvalue weighted by molar-refractivity contribution is -0.991. The smallest absolute Gasteiger partial charge is 0.293 e. The second kappa shape index (κ2) is 9.54. The van der Waals surface area contributed by atoms with Gasteiger partial charge in [0.25, 0.3) is 5.91 Å². The number of carbonyl (C=O) groups is 1. The summed E-state index contributed by atoms with van der Waals surface area (Å²) in [5.41, 5.74) is 2.24. The fourth-order valence-electron chi connectivity index (χ4n) is 4.07. The van der Waals surface area contributed by atoms with Crippen LogP contribution in [-0.4, -0.2) is 56.3 Å². The van der Waals surface area contributed by atoms with E-state index in [1.54, 1.807) is 31.3 Å². The molecule has 1 aromatic heterocycles. The Bertz CT molecular complexity index is 1130. The summed E-state index contributed by atoms with van der Waals surface area (Å²) in [5.74, 6) is 0.0885. The molecule has 174 valence electrons. The molecule has 2 aromatic carbocycles. The van der Waals surface area contributed by atoms with Gasteiger partial charge < -0.3 is 24.3 Å². The van der Waals surface area contributed by atoms with Crippen molar-refractivity contribution >= 4 is 34.6 Å². The van der Waals surface area contributed by atoms with Crippen LogP contribution in [0.2, 0.25) is 5.02 Å². The van der Waals surface area contributed by atoms with Crippen LogP contribution < -0.4 is 15.0 Å². The Hall–Kier alpha value is -2.88. The van der Waals surface area contributed by atoms with Gasteiger partial charge in [0.15, 0.2) is 11.4 Å². The number of anilines is 2. The normalized spacial score (nSPS) is 16.9. The zero-order valence-electron chi connectivity index (χ0n) is 18.8. The number of nitrogens with zero attached hydrogens (tertiary/aromatic N) is 3. The molecule has 0 saturated carbocycles. The first-order valence-corrected chi connectivity index (χ1v) is 11.0. The van der Waals surface area contributed by atoms with Gasteiger partial charge in [-0.3, -0.25) is 4.79 Å². The molecule has 9 heteroatoms. The molecular formula is C24H27ClN4O4. The summed E-state index contributed by atoms with van der Waals surface area (Å²) in [6, 6.07) is 16.1. The highest BCUT2D eigenvalue weighted by Crippen LogP contribution is 2.31. The lowest BCUT2D eigenvalue weighted by atomic mass is 10.1. The van der Waals surface area contributed by atoms with E-state index in [1.807, 2.05) is 24.3 Å². The summed E-state index contributed by atoms with van der Waals surface area (Å²) in [6.45, 7) is 1.99. The quantitative estimate of drug-likeness (QED) is 0.537. The van der Waals surface area contributed by atoms with Gasteiger partial charge in [0.1, 0.15) is 5.76 Å². The highest BCUT2D eigenvalue weighted by Gasteiger charge is 2.25. The third-order valence-corrected chi connectivity index (χ3v) is 6.33. The van der Waals surface area contributed by atoms with Gasteiger partial charge in [0, 0.05) is 48.6 Å². The Labute approximate surface area is 197 Å². The number of hydrogen-bond acceptors (Lipinski definition) is 6. The molecule has 0 radical (unpaired) electrons. The van der Waals surface area contributed by atoms with Gasteiger partial charge >= 0.3 is 0 Å². The summed E-state index contributed by atoms with van der Waals surface area (Å²) in [4.78, 5) is 19.1. The molecule has 2 heterocycles. The molecule has 1 amide bonds. The zero-order valence-corrected chi connectivity index (χ0v) is 19.5. The topological polar surface area (TPSA) is 87.7 Å². The van der Waals surface area contributed by atoms with E-state index in [4.69, 9.17) is 16.0 Å². The van der Waals surface area contributed by atoms with Gasteiger partial charge in [-0.15, -0.1) is 0 Å². The maximum Gasteiger partial charge on any atom is 0.293 e. The molecule has 2 atom stereocenters. The number of furan rings is 1. The Morgan fingerprint density at radius 2 is 1.88 bits per heavy atom. The van der Waals surface area contributed by atoms with Crippen LogP contribution in [0.15, 0.2) is 59.0 Å². The predicted octanol–water partition coefficient (Wildman–Crippen LogP) is 3.42. The molecule has 8 nitrogen and oxygen atoms in total. The standard InChI is InChI=1S/C24H27ClN4O4/c1-26(2)19-12-13-28(15-19)18-7-5-17(6-8-18)27(3)24(30)23-11-10-22(33-23)20-9-4-16(25)14-21(20)29(31)32/h4-11,14,19,29,31H,12-13,15H2,1-3H3. The van der Waals surface area contributed by atoms with Crippen molar-refractivity contribution in [2.45, 2.75) is 12.5 Å². The zero-order chi connectivity index (χ0) is 23.7. The number of halogens is 1. The van der Waals surface area contributed by atoms with Crippen molar-refractivity contribution in [2.24, 2.45) is 0 Å². The first-order chi connectivity index (χ1) is 15.7. The fraction of sp³-hybridized carbons (Fsp3) is 0.292. The van der Waals surface area contributed by atoms with Gasteiger partial charge in [-0.2, -0.15) is 5.23 Å². The number of quaternary nitrogens is 1. The minimum absolute atomic E-state index is 0.0122. The minimum Gasteiger partial charge on any atom is -0.595 e. The molecule has 4 rings (SSSR count). The maximum atomic E-state index is 13.0. The molecular weight excluding hydrogens is 444 g/mol. The van der Waals surface area contributed by atoms with Crippen molar-refractivity contribution in [1.29, 1.82) is 0 Å². The monoisotopic (exact) mass is 470 g/mol. The van der Waals surface area contributed by atoms with Crippen molar-refractivity contribution in [1.82, 2.24) is 4.90 Å². The first kappa shape index (κ1) is 23.3. The van der Waals surface area contributed by atoms with Crippen molar-refractivity contribution in [3.8, 4) is 11.3 Å². The summed E-state index contributed by atoms with van der Waals surface area (Å²) in [6.07, 6.45) is 1.13. The molecule has 1 saturated heterocycles. The summed E-state index contributed by atoms with van der Waals surface area (Å²) < 4.78 is 5.73. The molecule has 0 aliphatic carbocycles. The van der Waals surface area contributed by atoms with Crippen LogP contribution in [0.5, 0.6) is 0 Å². The number of benzene rings is 2. The van der Waals surface area contributed by atoms with E-state index in [0.717, 1.165) is 30.9 Å². The minimum atomic E-state index is -1.12. The van der Waals surface area contributed by atoms with Crippen molar-refractivity contribution in [3.63, 3.8) is 0 Å². The lowest BCUT2D eigenvalue weighted by Crippen LogP contribution is -2.99. The lowest BCUT2D eigenvalue weighted by Gasteiger charge is -2.23. The van der Waals surface area contributed by atoms with E-state index >= 15 is 0 Å². The number of nitrogens with one attached hydrogen (secondary N) is 1. The van der Waals surface area contributed by atoms with Crippen LogP contribution in [0, 0.1) is 5.21 Å². The molecule has 2 unspecified atom stereocenters. The van der Waals surface area contributed by atoms with Gasteiger partial charge in [-0.1, -0.05) is 11.6 Å². The Morgan fingerprint density at radius 3 is 2.52 bits per heavy atom. The fourth-order valence-corrected chi connectivity index (χ4v) is 4.25. The Morgan fingerprint density at radius 1 is 1.15 bits per heavy atom. The molecule has 33 heavy (non-hydrogen) atoms. The highest BCUT2D eigenvalue weighted by atomic mass is 35.5. The second-order valence-electron chi connectivity index (χ2n) is 8.39. The highest BCUT2D eigenvalue weighted by molar-refractivity contribution is 6.30. The van der Waals surface area contributed by atoms with E-state index in [1.165, 1.54) is 11.0 Å². The van der Waals surface area contributed by atoms with Gasteiger partial charge in [-0.05, 0) is 69.0 Å². The largest absolute Gasteiger partial charge is 0.595 e. The summed E-state index contributed by atoms with van der Waals surface area (Å²) in [5, 5.41) is 20.2. The molecule has 1 aliphatic heterocycles. The SMILES string of the molecule is CN(C(=O)c1ccc(-c2ccc(Cl)cc2[NH+]([O-])O)o1)c1ccc(N2CCC(N(C)C)C2)cc1. The maximum absolute atomic E-state index is 13.0. The van der Waals surface area contributed by atoms with Crippen LogP contribution in [0.1, 0.15) is 17.0 Å². The van der Waals surface area contributed by atoms with Crippen LogP contribution in [0.4, 0.5) is 17.1 Å². The molecule has 1 fully saturated rings. The summed E-state index contributed by atoms with van der Waals surface area (Å²) in [7, 11) is 5.89. The Kier molecular flexibility index (Phi) is 6.73. The first-order valence-electron chi connectivity index (χ1n) is 10.7. The number of amides is 1. The van der Waals surface area contributed by atoms with Gasteiger partial charge in [0.2, 0.25) is 0 Å². The van der Waals surface area contributed by atoms with E-state index in [9.17, 15) is 15.2 Å². The predicted molar refractivity (Wildman–Crippen MR) is 128 cm³/mol. The van der Waals surface area contributed by atoms with E-state index in [2.05, 4.69) is 23.9 Å². The van der Waals surface area contributed by atoms with E-state index in [0.29, 0.717) is 22.4 Å². The van der Waals surface area contributed by atoms with E-state index < -0.39 is 5.23 Å². The van der Waals surface area contributed by atoms with Crippen LogP contribution in [-0.2, 0) is 0 Å². The third-order valence-electron chi connectivity index (χ3n) is 6.09. The molecule has 0 bridgehead atoms. The average Bonchev–Trinajstić information content (AvgIpc) is 3.48. The molecule has 2 N–H and O–H groups in total. The number of likely N-dealkylation sites (N-methyl/N-ethyl adjacent to an activating group) is 1. The van der Waals surface area contributed by atoms with Gasteiger partial charge in [0.05, 0.1) is 5.56 Å². The molecule has 0 spiro atoms. The van der Waals surface area contributed by atoms with Gasteiger partial charge in [-0.25, -0.2) is 5.21 Å². The van der Waals surface area contributed by atoms with Crippen molar-refractivity contribution in [2.75, 3.05) is 44.0 Å². The van der Waals surface area contributed by atoms with Crippen molar-refractivity contribution in [3.05, 3.63) is 70.6 Å². The van der Waals surface area contributed by atoms with Crippen LogP contribution in [0.3, 0.4) is 0 Å².